The lowest BCUT2D eigenvalue weighted by Gasteiger charge is -2.31. The summed E-state index contributed by atoms with van der Waals surface area (Å²) in [5, 5.41) is 0.637. The minimum atomic E-state index is -0.0425. The molecule has 1 atom stereocenters. The normalized spacial score (nSPS) is 13.1. The second-order valence-corrected chi connectivity index (χ2v) is 6.67. The van der Waals surface area contributed by atoms with Crippen LogP contribution in [0.5, 0.6) is 5.75 Å². The number of methoxy groups -OCH3 is 1. The third-order valence-corrected chi connectivity index (χ3v) is 5.59. The molecule has 2 rings (SSSR count). The number of ether oxygens (including phenoxy) is 1. The fourth-order valence-electron chi connectivity index (χ4n) is 2.27. The minimum Gasteiger partial charge on any atom is -0.495 e. The van der Waals surface area contributed by atoms with Crippen molar-refractivity contribution in [2.45, 2.75) is 24.1 Å². The highest BCUT2D eigenvalue weighted by atomic mass is 79.9. The van der Waals surface area contributed by atoms with Gasteiger partial charge in [0.25, 0.3) is 0 Å². The van der Waals surface area contributed by atoms with Gasteiger partial charge < -0.3 is 4.74 Å². The Bertz CT molecular complexity index is 581. The van der Waals surface area contributed by atoms with Gasteiger partial charge in [0.15, 0.2) is 0 Å². The average molecular weight is 354 g/mol. The van der Waals surface area contributed by atoms with Gasteiger partial charge in [-0.25, -0.2) is 0 Å². The van der Waals surface area contributed by atoms with E-state index in [1.807, 2.05) is 18.2 Å². The number of benzene rings is 2. The van der Waals surface area contributed by atoms with Crippen LogP contribution in [0.4, 0.5) is 0 Å². The van der Waals surface area contributed by atoms with E-state index in [1.54, 1.807) is 7.11 Å². The van der Waals surface area contributed by atoms with Crippen molar-refractivity contribution in [1.82, 2.24) is 0 Å². The topological polar surface area (TPSA) is 9.23 Å². The van der Waals surface area contributed by atoms with Gasteiger partial charge in [-0.3, -0.25) is 0 Å². The summed E-state index contributed by atoms with van der Waals surface area (Å²) in [6, 6.07) is 16.4. The van der Waals surface area contributed by atoms with E-state index in [2.05, 4.69) is 60.1 Å². The van der Waals surface area contributed by atoms with E-state index in [1.165, 1.54) is 5.56 Å². The van der Waals surface area contributed by atoms with Crippen LogP contribution < -0.4 is 4.74 Å². The third kappa shape index (κ3) is 3.02. The second-order valence-electron chi connectivity index (χ2n) is 5.34. The Hall–Kier alpha value is -0.990. The summed E-state index contributed by atoms with van der Waals surface area (Å²) in [5.74, 6) is 0.702. The zero-order valence-corrected chi connectivity index (χ0v) is 14.2. The smallest absolute Gasteiger partial charge is 0.137 e. The second kappa shape index (κ2) is 6.19. The van der Waals surface area contributed by atoms with Crippen molar-refractivity contribution in [3.8, 4) is 5.75 Å². The molecule has 20 heavy (non-hydrogen) atoms. The first-order valence-corrected chi connectivity index (χ1v) is 7.79. The van der Waals surface area contributed by atoms with Gasteiger partial charge in [-0.2, -0.15) is 0 Å². The molecule has 0 saturated heterocycles. The van der Waals surface area contributed by atoms with Crippen LogP contribution in [0, 0.1) is 0 Å². The predicted octanol–water partition coefficient (Wildman–Crippen LogP) is 5.76. The molecule has 3 heteroatoms. The Kier molecular flexibility index (Phi) is 4.77. The molecule has 1 unspecified atom stereocenters. The summed E-state index contributed by atoms with van der Waals surface area (Å²) in [7, 11) is 1.63. The lowest BCUT2D eigenvalue weighted by Crippen LogP contribution is -2.23. The van der Waals surface area contributed by atoms with Crippen molar-refractivity contribution >= 4 is 27.5 Å². The Morgan fingerprint density at radius 2 is 1.75 bits per heavy atom. The highest BCUT2D eigenvalue weighted by Crippen LogP contribution is 2.44. The van der Waals surface area contributed by atoms with Gasteiger partial charge in [0, 0.05) is 10.2 Å². The summed E-state index contributed by atoms with van der Waals surface area (Å²) in [4.78, 5) is 0.167. The van der Waals surface area contributed by atoms with E-state index >= 15 is 0 Å². The lowest BCUT2D eigenvalue weighted by atomic mass is 9.79. The standard InChI is InChI=1S/C17H18BrClO/c1-17(2,13-7-5-4-6-8-13)16(18)12-9-10-15(20-3)14(19)11-12/h4-11,16H,1-3H3. The van der Waals surface area contributed by atoms with Crippen LogP contribution in [-0.4, -0.2) is 7.11 Å². The monoisotopic (exact) mass is 352 g/mol. The van der Waals surface area contributed by atoms with Crippen molar-refractivity contribution in [3.63, 3.8) is 0 Å². The van der Waals surface area contributed by atoms with Crippen LogP contribution in [0.25, 0.3) is 0 Å². The first-order chi connectivity index (χ1) is 9.46. The number of rotatable bonds is 4. The molecule has 0 saturated carbocycles. The average Bonchev–Trinajstić information content (AvgIpc) is 2.47. The fourth-order valence-corrected chi connectivity index (χ4v) is 3.09. The maximum Gasteiger partial charge on any atom is 0.137 e. The lowest BCUT2D eigenvalue weighted by molar-refractivity contribution is 0.414. The van der Waals surface area contributed by atoms with Gasteiger partial charge in [-0.1, -0.05) is 77.8 Å². The molecule has 2 aromatic carbocycles. The zero-order chi connectivity index (χ0) is 14.8. The molecule has 2 aromatic rings. The molecule has 0 aliphatic rings. The molecule has 0 heterocycles. The van der Waals surface area contributed by atoms with Crippen LogP contribution in [0.2, 0.25) is 5.02 Å². The first kappa shape index (κ1) is 15.4. The van der Waals surface area contributed by atoms with Gasteiger partial charge in [0.2, 0.25) is 0 Å². The summed E-state index contributed by atoms with van der Waals surface area (Å²) >= 11 is 10.0. The minimum absolute atomic E-state index is 0.0425. The first-order valence-electron chi connectivity index (χ1n) is 6.50. The molecule has 0 radical (unpaired) electrons. The predicted molar refractivity (Wildman–Crippen MR) is 89.1 cm³/mol. The van der Waals surface area contributed by atoms with Gasteiger partial charge in [0.1, 0.15) is 5.75 Å². The Labute approximate surface area is 134 Å². The van der Waals surface area contributed by atoms with E-state index < -0.39 is 0 Å². The SMILES string of the molecule is COc1ccc(C(Br)C(C)(C)c2ccccc2)cc1Cl. The quantitative estimate of drug-likeness (QED) is 0.635. The zero-order valence-electron chi connectivity index (χ0n) is 11.9. The van der Waals surface area contributed by atoms with E-state index in [0.717, 1.165) is 5.56 Å². The van der Waals surface area contributed by atoms with E-state index in [0.29, 0.717) is 10.8 Å². The third-order valence-electron chi connectivity index (χ3n) is 3.62. The van der Waals surface area contributed by atoms with Crippen LogP contribution in [0.1, 0.15) is 29.8 Å². The maximum atomic E-state index is 6.22. The molecular weight excluding hydrogens is 336 g/mol. The number of alkyl halides is 1. The van der Waals surface area contributed by atoms with Crippen molar-refractivity contribution in [2.75, 3.05) is 7.11 Å². The largest absolute Gasteiger partial charge is 0.495 e. The summed E-state index contributed by atoms with van der Waals surface area (Å²) in [6.45, 7) is 4.44. The van der Waals surface area contributed by atoms with Crippen molar-refractivity contribution in [3.05, 3.63) is 64.7 Å². The Morgan fingerprint density at radius 1 is 1.10 bits per heavy atom. The Morgan fingerprint density at radius 3 is 2.30 bits per heavy atom. The summed E-state index contributed by atoms with van der Waals surface area (Å²) in [5.41, 5.74) is 2.39. The molecule has 0 aromatic heterocycles. The number of hydrogen-bond donors (Lipinski definition) is 0. The molecule has 106 valence electrons. The molecule has 0 spiro atoms. The van der Waals surface area contributed by atoms with Crippen molar-refractivity contribution in [1.29, 1.82) is 0 Å². The molecule has 0 aliphatic carbocycles. The molecule has 0 bridgehead atoms. The summed E-state index contributed by atoms with van der Waals surface area (Å²) in [6.07, 6.45) is 0. The molecule has 1 nitrogen and oxygen atoms in total. The summed E-state index contributed by atoms with van der Waals surface area (Å²) < 4.78 is 5.20. The Balaban J connectivity index is 2.35. The molecule has 0 amide bonds. The van der Waals surface area contributed by atoms with Crippen LogP contribution in [-0.2, 0) is 5.41 Å². The van der Waals surface area contributed by atoms with Gasteiger partial charge in [0.05, 0.1) is 12.1 Å². The molecule has 0 fully saturated rings. The number of hydrogen-bond acceptors (Lipinski definition) is 1. The molecule has 0 aliphatic heterocycles. The van der Waals surface area contributed by atoms with Gasteiger partial charge >= 0.3 is 0 Å². The highest BCUT2D eigenvalue weighted by molar-refractivity contribution is 9.09. The van der Waals surface area contributed by atoms with Crippen LogP contribution in [0.15, 0.2) is 48.5 Å². The highest BCUT2D eigenvalue weighted by Gasteiger charge is 2.30. The number of halogens is 2. The molecule has 0 N–H and O–H groups in total. The fraction of sp³-hybridized carbons (Fsp3) is 0.294. The molecular formula is C17H18BrClO. The maximum absolute atomic E-state index is 6.22. The van der Waals surface area contributed by atoms with Gasteiger partial charge in [-0.05, 0) is 23.3 Å². The van der Waals surface area contributed by atoms with E-state index in [4.69, 9.17) is 16.3 Å². The van der Waals surface area contributed by atoms with Crippen molar-refractivity contribution < 1.29 is 4.74 Å². The van der Waals surface area contributed by atoms with Crippen molar-refractivity contribution in [2.24, 2.45) is 0 Å². The van der Waals surface area contributed by atoms with E-state index in [9.17, 15) is 0 Å². The van der Waals surface area contributed by atoms with Crippen LogP contribution in [0.3, 0.4) is 0 Å². The van der Waals surface area contributed by atoms with Crippen LogP contribution >= 0.6 is 27.5 Å². The van der Waals surface area contributed by atoms with E-state index in [-0.39, 0.29) is 10.2 Å². The van der Waals surface area contributed by atoms with Gasteiger partial charge in [-0.15, -0.1) is 0 Å².